The Bertz CT molecular complexity index is 387. The number of rotatable bonds is 7. The van der Waals surface area contributed by atoms with Crippen LogP contribution in [0.1, 0.15) is 25.3 Å². The van der Waals surface area contributed by atoms with Gasteiger partial charge in [-0.1, -0.05) is 12.1 Å². The fourth-order valence-electron chi connectivity index (χ4n) is 1.65. The van der Waals surface area contributed by atoms with Crippen LogP contribution >= 0.6 is 11.8 Å². The molecule has 2 N–H and O–H groups in total. The zero-order valence-electron chi connectivity index (χ0n) is 10.7. The molecule has 1 fully saturated rings. The molecular weight excluding hydrogens is 244 g/mol. The van der Waals surface area contributed by atoms with E-state index in [0.29, 0.717) is 12.3 Å². The van der Waals surface area contributed by atoms with Crippen LogP contribution in [-0.2, 0) is 11.3 Å². The lowest BCUT2D eigenvalue weighted by molar-refractivity contribution is -0.118. The van der Waals surface area contributed by atoms with Gasteiger partial charge in [-0.25, -0.2) is 0 Å². The van der Waals surface area contributed by atoms with Gasteiger partial charge in [0.1, 0.15) is 0 Å². The predicted molar refractivity (Wildman–Crippen MR) is 75.7 cm³/mol. The van der Waals surface area contributed by atoms with Crippen molar-refractivity contribution in [2.24, 2.45) is 0 Å². The lowest BCUT2D eigenvalue weighted by Gasteiger charge is -2.05. The first-order valence-electron chi connectivity index (χ1n) is 6.49. The molecule has 0 bridgehead atoms. The summed E-state index contributed by atoms with van der Waals surface area (Å²) in [5, 5.41) is 6.29. The first-order valence-corrected chi connectivity index (χ1v) is 7.48. The van der Waals surface area contributed by atoms with Crippen LogP contribution in [-0.4, -0.2) is 24.2 Å². The minimum absolute atomic E-state index is 0.0991. The number of hydrogen-bond acceptors (Lipinski definition) is 3. The van der Waals surface area contributed by atoms with E-state index >= 15 is 0 Å². The maximum atomic E-state index is 11.3. The summed E-state index contributed by atoms with van der Waals surface area (Å²) in [7, 11) is 0. The Kier molecular flexibility index (Phi) is 5.08. The molecule has 4 heteroatoms. The average Bonchev–Trinajstić information content (AvgIpc) is 3.19. The van der Waals surface area contributed by atoms with E-state index in [1.807, 2.05) is 6.92 Å². The van der Waals surface area contributed by atoms with Crippen molar-refractivity contribution >= 4 is 17.7 Å². The van der Waals surface area contributed by atoms with E-state index < -0.39 is 0 Å². The molecule has 18 heavy (non-hydrogen) atoms. The molecule has 0 radical (unpaired) electrons. The Labute approximate surface area is 113 Å². The number of hydrogen-bond donors (Lipinski definition) is 2. The smallest absolute Gasteiger partial charge is 0.230 e. The van der Waals surface area contributed by atoms with Gasteiger partial charge in [0, 0.05) is 24.0 Å². The first-order chi connectivity index (χ1) is 8.78. The van der Waals surface area contributed by atoms with Crippen LogP contribution in [0.4, 0.5) is 0 Å². The van der Waals surface area contributed by atoms with Gasteiger partial charge in [-0.15, -0.1) is 11.8 Å². The second-order valence-electron chi connectivity index (χ2n) is 4.54. The largest absolute Gasteiger partial charge is 0.356 e. The number of benzene rings is 1. The fourth-order valence-corrected chi connectivity index (χ4v) is 2.38. The van der Waals surface area contributed by atoms with Crippen LogP contribution in [0.25, 0.3) is 0 Å². The molecule has 98 valence electrons. The first kappa shape index (κ1) is 13.4. The molecule has 1 aliphatic carbocycles. The summed E-state index contributed by atoms with van der Waals surface area (Å²) < 4.78 is 0. The number of carbonyl (C=O) groups excluding carboxylic acids is 1. The third-order valence-corrected chi connectivity index (χ3v) is 3.85. The van der Waals surface area contributed by atoms with E-state index in [1.165, 1.54) is 18.4 Å². The highest BCUT2D eigenvalue weighted by Gasteiger charge is 2.19. The lowest BCUT2D eigenvalue weighted by Crippen LogP contribution is -2.24. The van der Waals surface area contributed by atoms with Crippen molar-refractivity contribution in [1.29, 1.82) is 0 Å². The van der Waals surface area contributed by atoms with Crippen LogP contribution in [0.15, 0.2) is 29.2 Å². The van der Waals surface area contributed by atoms with Crippen molar-refractivity contribution in [2.75, 3.05) is 12.3 Å². The molecule has 1 aromatic carbocycles. The van der Waals surface area contributed by atoms with Crippen molar-refractivity contribution in [3.05, 3.63) is 29.8 Å². The standard InChI is InChI=1S/C14H20N2OS/c1-2-15-14(17)10-18-13-7-3-11(4-8-13)9-16-12-5-6-12/h3-4,7-8,12,16H,2,5-6,9-10H2,1H3,(H,15,17). The normalized spacial score (nSPS) is 14.5. The fraction of sp³-hybridized carbons (Fsp3) is 0.500. The minimum Gasteiger partial charge on any atom is -0.356 e. The Hall–Kier alpha value is -1.00. The number of amides is 1. The molecule has 0 aromatic heterocycles. The molecule has 1 saturated carbocycles. The maximum Gasteiger partial charge on any atom is 0.230 e. The molecule has 0 atom stereocenters. The molecule has 1 aromatic rings. The second kappa shape index (κ2) is 6.81. The van der Waals surface area contributed by atoms with Crippen LogP contribution in [0.2, 0.25) is 0 Å². The number of carbonyl (C=O) groups is 1. The van der Waals surface area contributed by atoms with Crippen molar-refractivity contribution in [2.45, 2.75) is 37.2 Å². The van der Waals surface area contributed by atoms with Crippen molar-refractivity contribution in [1.82, 2.24) is 10.6 Å². The van der Waals surface area contributed by atoms with Gasteiger partial charge in [-0.05, 0) is 37.5 Å². The predicted octanol–water partition coefficient (Wildman–Crippen LogP) is 2.17. The molecule has 0 heterocycles. The quantitative estimate of drug-likeness (QED) is 0.742. The monoisotopic (exact) mass is 264 g/mol. The Balaban J connectivity index is 1.73. The molecule has 0 spiro atoms. The third-order valence-electron chi connectivity index (χ3n) is 2.84. The summed E-state index contributed by atoms with van der Waals surface area (Å²) in [5.74, 6) is 0.593. The van der Waals surface area contributed by atoms with Crippen LogP contribution in [0.3, 0.4) is 0 Å². The van der Waals surface area contributed by atoms with Gasteiger partial charge in [0.2, 0.25) is 5.91 Å². The Morgan fingerprint density at radius 3 is 2.67 bits per heavy atom. The number of thioether (sulfide) groups is 1. The topological polar surface area (TPSA) is 41.1 Å². The van der Waals surface area contributed by atoms with Crippen LogP contribution in [0.5, 0.6) is 0 Å². The van der Waals surface area contributed by atoms with E-state index in [4.69, 9.17) is 0 Å². The molecule has 1 aliphatic rings. The molecule has 0 unspecified atom stereocenters. The number of nitrogens with one attached hydrogen (secondary N) is 2. The molecule has 3 nitrogen and oxygen atoms in total. The van der Waals surface area contributed by atoms with Crippen molar-refractivity contribution in [3.8, 4) is 0 Å². The van der Waals surface area contributed by atoms with Gasteiger partial charge in [0.05, 0.1) is 5.75 Å². The second-order valence-corrected chi connectivity index (χ2v) is 5.59. The van der Waals surface area contributed by atoms with E-state index in [1.54, 1.807) is 11.8 Å². The molecule has 2 rings (SSSR count). The summed E-state index contributed by atoms with van der Waals surface area (Å²) in [5.41, 5.74) is 1.31. The zero-order valence-corrected chi connectivity index (χ0v) is 11.6. The molecule has 0 aliphatic heterocycles. The van der Waals surface area contributed by atoms with Gasteiger partial charge in [0.15, 0.2) is 0 Å². The van der Waals surface area contributed by atoms with E-state index in [9.17, 15) is 4.79 Å². The van der Waals surface area contributed by atoms with E-state index in [0.717, 1.165) is 17.5 Å². The summed E-state index contributed by atoms with van der Waals surface area (Å²) in [6.45, 7) is 3.58. The van der Waals surface area contributed by atoms with Crippen LogP contribution in [0, 0.1) is 0 Å². The van der Waals surface area contributed by atoms with Crippen LogP contribution < -0.4 is 10.6 Å². The van der Waals surface area contributed by atoms with Crippen molar-refractivity contribution in [3.63, 3.8) is 0 Å². The highest BCUT2D eigenvalue weighted by atomic mass is 32.2. The van der Waals surface area contributed by atoms with E-state index in [2.05, 4.69) is 34.9 Å². The maximum absolute atomic E-state index is 11.3. The van der Waals surface area contributed by atoms with Gasteiger partial charge < -0.3 is 10.6 Å². The SMILES string of the molecule is CCNC(=O)CSc1ccc(CNC2CC2)cc1. The third kappa shape index (κ3) is 4.70. The van der Waals surface area contributed by atoms with E-state index in [-0.39, 0.29) is 5.91 Å². The van der Waals surface area contributed by atoms with Gasteiger partial charge in [-0.3, -0.25) is 4.79 Å². The Morgan fingerprint density at radius 2 is 2.06 bits per heavy atom. The van der Waals surface area contributed by atoms with Gasteiger partial charge in [-0.2, -0.15) is 0 Å². The lowest BCUT2D eigenvalue weighted by atomic mass is 10.2. The summed E-state index contributed by atoms with van der Waals surface area (Å²) in [6, 6.07) is 9.20. The Morgan fingerprint density at radius 1 is 1.33 bits per heavy atom. The molecule has 1 amide bonds. The zero-order chi connectivity index (χ0) is 12.8. The summed E-state index contributed by atoms with van der Waals surface area (Å²) in [4.78, 5) is 12.5. The van der Waals surface area contributed by atoms with Gasteiger partial charge in [0.25, 0.3) is 0 Å². The summed E-state index contributed by atoms with van der Waals surface area (Å²) in [6.07, 6.45) is 2.64. The van der Waals surface area contributed by atoms with Gasteiger partial charge >= 0.3 is 0 Å². The van der Waals surface area contributed by atoms with Crippen molar-refractivity contribution < 1.29 is 4.79 Å². The minimum atomic E-state index is 0.0991. The summed E-state index contributed by atoms with van der Waals surface area (Å²) >= 11 is 1.58. The highest BCUT2D eigenvalue weighted by molar-refractivity contribution is 8.00. The molecular formula is C14H20N2OS. The molecule has 0 saturated heterocycles. The average molecular weight is 264 g/mol. The highest BCUT2D eigenvalue weighted by Crippen LogP contribution is 2.21.